The van der Waals surface area contributed by atoms with Crippen LogP contribution in [-0.2, 0) is 10.0 Å². The molecule has 1 rings (SSSR count). The zero-order valence-electron chi connectivity index (χ0n) is 10.9. The molecule has 10 heteroatoms. The number of nitrogens with zero attached hydrogens (tertiary/aromatic N) is 1. The first-order valence-electron chi connectivity index (χ1n) is 5.51. The molecule has 0 aliphatic carbocycles. The van der Waals surface area contributed by atoms with E-state index in [0.29, 0.717) is 0 Å². The summed E-state index contributed by atoms with van der Waals surface area (Å²) in [4.78, 5) is 22.9. The predicted molar refractivity (Wildman–Crippen MR) is 73.6 cm³/mol. The summed E-state index contributed by atoms with van der Waals surface area (Å²) in [5.74, 6) is -1.29. The summed E-state index contributed by atoms with van der Waals surface area (Å²) < 4.78 is 26.0. The van der Waals surface area contributed by atoms with Crippen LogP contribution in [-0.4, -0.2) is 57.6 Å². The fourth-order valence-corrected chi connectivity index (χ4v) is 3.55. The zero-order chi connectivity index (χ0) is 15.3. The van der Waals surface area contributed by atoms with Crippen LogP contribution in [0.25, 0.3) is 0 Å². The number of amides is 2. The monoisotopic (exact) mass is 321 g/mol. The Morgan fingerprint density at radius 1 is 1.35 bits per heavy atom. The Bertz CT molecular complexity index is 594. The Kier molecular flexibility index (Phi) is 5.48. The van der Waals surface area contributed by atoms with Crippen molar-refractivity contribution < 1.29 is 23.1 Å². The fourth-order valence-electron chi connectivity index (χ4n) is 1.26. The average Bonchev–Trinajstić information content (AvgIpc) is 2.84. The third kappa shape index (κ3) is 4.18. The molecule has 20 heavy (non-hydrogen) atoms. The first-order valence-corrected chi connectivity index (χ1v) is 7.87. The van der Waals surface area contributed by atoms with Crippen LogP contribution in [0.1, 0.15) is 9.67 Å². The first kappa shape index (κ1) is 16.4. The van der Waals surface area contributed by atoms with Gasteiger partial charge in [-0.25, -0.2) is 22.7 Å². The number of urea groups is 1. The number of aromatic carboxylic acids is 1. The number of carboxylic acids is 1. The van der Waals surface area contributed by atoms with Gasteiger partial charge in [0.2, 0.25) is 10.0 Å². The highest BCUT2D eigenvalue weighted by molar-refractivity contribution is 7.89. The second-order valence-electron chi connectivity index (χ2n) is 3.94. The van der Waals surface area contributed by atoms with E-state index in [-0.39, 0.29) is 28.9 Å². The van der Waals surface area contributed by atoms with Crippen LogP contribution in [0.5, 0.6) is 0 Å². The lowest BCUT2D eigenvalue weighted by Gasteiger charge is -2.12. The third-order valence-electron chi connectivity index (χ3n) is 2.21. The van der Waals surface area contributed by atoms with Crippen molar-refractivity contribution in [1.82, 2.24) is 14.9 Å². The standard InChI is InChI=1S/C10H15N3O5S2/c1-13(2)10(16)11-4-5-12-20(17,18)7-3-6-19-8(7)9(14)15/h3,6,12H,4-5H2,1-2H3,(H,11,16)(H,14,15). The molecule has 1 heterocycles. The maximum Gasteiger partial charge on any atom is 0.347 e. The molecule has 0 aliphatic heterocycles. The highest BCUT2D eigenvalue weighted by Gasteiger charge is 2.23. The lowest BCUT2D eigenvalue weighted by Crippen LogP contribution is -2.39. The van der Waals surface area contributed by atoms with Gasteiger partial charge in [-0.05, 0) is 11.4 Å². The van der Waals surface area contributed by atoms with E-state index in [4.69, 9.17) is 5.11 Å². The second kappa shape index (κ2) is 6.68. The summed E-state index contributed by atoms with van der Waals surface area (Å²) in [5, 5.41) is 12.8. The van der Waals surface area contributed by atoms with Crippen molar-refractivity contribution in [3.05, 3.63) is 16.3 Å². The molecule has 0 saturated carbocycles. The molecule has 0 atom stereocenters. The number of nitrogens with one attached hydrogen (secondary N) is 2. The van der Waals surface area contributed by atoms with Gasteiger partial charge in [0.1, 0.15) is 9.77 Å². The summed E-state index contributed by atoms with van der Waals surface area (Å²) in [5.41, 5.74) is 0. The van der Waals surface area contributed by atoms with E-state index in [9.17, 15) is 18.0 Å². The summed E-state index contributed by atoms with van der Waals surface area (Å²) >= 11 is 0.837. The van der Waals surface area contributed by atoms with E-state index >= 15 is 0 Å². The minimum absolute atomic E-state index is 0.0309. The summed E-state index contributed by atoms with van der Waals surface area (Å²) in [7, 11) is -0.777. The van der Waals surface area contributed by atoms with E-state index in [1.165, 1.54) is 16.3 Å². The van der Waals surface area contributed by atoms with Crippen LogP contribution in [0.15, 0.2) is 16.3 Å². The predicted octanol–water partition coefficient (Wildman–Crippen LogP) is -0.00420. The number of hydrogen-bond donors (Lipinski definition) is 3. The lowest BCUT2D eigenvalue weighted by atomic mass is 10.5. The largest absolute Gasteiger partial charge is 0.477 e. The molecule has 3 N–H and O–H groups in total. The van der Waals surface area contributed by atoms with Crippen LogP contribution in [0.3, 0.4) is 0 Å². The van der Waals surface area contributed by atoms with Crippen molar-refractivity contribution in [2.24, 2.45) is 0 Å². The molecular formula is C10H15N3O5S2. The van der Waals surface area contributed by atoms with Crippen molar-refractivity contribution in [3.8, 4) is 0 Å². The number of carbonyl (C=O) groups is 2. The maximum atomic E-state index is 11.9. The molecule has 2 amide bonds. The van der Waals surface area contributed by atoms with Gasteiger partial charge in [0, 0.05) is 27.2 Å². The van der Waals surface area contributed by atoms with Crippen molar-refractivity contribution in [2.75, 3.05) is 27.2 Å². The number of thiophene rings is 1. The van der Waals surface area contributed by atoms with Crippen molar-refractivity contribution in [2.45, 2.75) is 4.90 Å². The Balaban J connectivity index is 2.61. The minimum Gasteiger partial charge on any atom is -0.477 e. The average molecular weight is 321 g/mol. The van der Waals surface area contributed by atoms with Gasteiger partial charge in [0.15, 0.2) is 0 Å². The van der Waals surface area contributed by atoms with Crippen LogP contribution < -0.4 is 10.0 Å². The van der Waals surface area contributed by atoms with E-state index in [2.05, 4.69) is 10.0 Å². The highest BCUT2D eigenvalue weighted by atomic mass is 32.2. The molecule has 0 aromatic carbocycles. The number of rotatable bonds is 6. The number of hydrogen-bond acceptors (Lipinski definition) is 5. The topological polar surface area (TPSA) is 116 Å². The quantitative estimate of drug-likeness (QED) is 0.638. The van der Waals surface area contributed by atoms with Gasteiger partial charge < -0.3 is 15.3 Å². The van der Waals surface area contributed by atoms with E-state index < -0.39 is 16.0 Å². The van der Waals surface area contributed by atoms with Crippen LogP contribution in [0.2, 0.25) is 0 Å². The number of sulfonamides is 1. The summed E-state index contributed by atoms with van der Waals surface area (Å²) in [6, 6.07) is 0.889. The SMILES string of the molecule is CN(C)C(=O)NCCNS(=O)(=O)c1ccsc1C(=O)O. The molecule has 1 aromatic heterocycles. The summed E-state index contributed by atoms with van der Waals surface area (Å²) in [6.45, 7) is 0.0691. The molecule has 0 fully saturated rings. The fraction of sp³-hybridized carbons (Fsp3) is 0.400. The molecule has 0 aliphatic rings. The molecule has 0 spiro atoms. The van der Waals surface area contributed by atoms with Crippen molar-refractivity contribution >= 4 is 33.4 Å². The molecular weight excluding hydrogens is 306 g/mol. The Labute approximate surface area is 120 Å². The van der Waals surface area contributed by atoms with Gasteiger partial charge in [-0.1, -0.05) is 0 Å². The molecule has 8 nitrogen and oxygen atoms in total. The van der Waals surface area contributed by atoms with Gasteiger partial charge in [0.25, 0.3) is 0 Å². The molecule has 0 unspecified atom stereocenters. The zero-order valence-corrected chi connectivity index (χ0v) is 12.5. The third-order valence-corrected chi connectivity index (χ3v) is 4.75. The van der Waals surface area contributed by atoms with Crippen LogP contribution in [0.4, 0.5) is 4.79 Å². The molecule has 1 aromatic rings. The lowest BCUT2D eigenvalue weighted by molar-refractivity contribution is 0.0698. The normalized spacial score (nSPS) is 11.1. The van der Waals surface area contributed by atoms with Gasteiger partial charge in [-0.3, -0.25) is 0 Å². The smallest absolute Gasteiger partial charge is 0.347 e. The first-order chi connectivity index (χ1) is 9.25. The Morgan fingerprint density at radius 3 is 2.55 bits per heavy atom. The highest BCUT2D eigenvalue weighted by Crippen LogP contribution is 2.21. The Morgan fingerprint density at radius 2 is 2.00 bits per heavy atom. The van der Waals surface area contributed by atoms with Crippen molar-refractivity contribution in [1.29, 1.82) is 0 Å². The van der Waals surface area contributed by atoms with Gasteiger partial charge in [0.05, 0.1) is 0 Å². The van der Waals surface area contributed by atoms with E-state index in [0.717, 1.165) is 11.3 Å². The molecule has 112 valence electrons. The number of carboxylic acid groups (broad SMARTS) is 1. The van der Waals surface area contributed by atoms with Gasteiger partial charge >= 0.3 is 12.0 Å². The van der Waals surface area contributed by atoms with E-state index in [1.54, 1.807) is 14.1 Å². The second-order valence-corrected chi connectivity index (χ2v) is 6.59. The van der Waals surface area contributed by atoms with Crippen LogP contribution in [0, 0.1) is 0 Å². The van der Waals surface area contributed by atoms with Gasteiger partial charge in [-0.15, -0.1) is 11.3 Å². The minimum atomic E-state index is -3.90. The Hall–Kier alpha value is -1.65. The summed E-state index contributed by atoms with van der Waals surface area (Å²) in [6.07, 6.45) is 0. The van der Waals surface area contributed by atoms with E-state index in [1.807, 2.05) is 0 Å². The van der Waals surface area contributed by atoms with Crippen LogP contribution >= 0.6 is 11.3 Å². The number of carbonyl (C=O) groups excluding carboxylic acids is 1. The maximum absolute atomic E-state index is 11.9. The molecule has 0 bridgehead atoms. The van der Waals surface area contributed by atoms with Crippen molar-refractivity contribution in [3.63, 3.8) is 0 Å². The molecule has 0 radical (unpaired) electrons. The molecule has 0 saturated heterocycles. The van der Waals surface area contributed by atoms with Gasteiger partial charge in [-0.2, -0.15) is 0 Å².